The van der Waals surface area contributed by atoms with E-state index in [9.17, 15) is 13.2 Å². The fraction of sp³-hybridized carbons (Fsp3) is 0.500. The van der Waals surface area contributed by atoms with Gasteiger partial charge in [0, 0.05) is 12.6 Å². The predicted octanol–water partition coefficient (Wildman–Crippen LogP) is 3.78. The number of hydrogen-bond donors (Lipinski definition) is 1. The summed E-state index contributed by atoms with van der Waals surface area (Å²) >= 11 is 5.92. The zero-order chi connectivity index (χ0) is 13.8. The zero-order valence-corrected chi connectivity index (χ0v) is 10.9. The van der Waals surface area contributed by atoms with Crippen LogP contribution in [0.4, 0.5) is 13.2 Å². The standard InChI is InChI=1S/C12H15ClF3NO/c1-8(6-12(14,15)16)17-7-9-3-4-11(18-2)10(13)5-9/h3-5,8,17H,6-7H2,1-2H3. The Bertz CT molecular complexity index is 395. The maximum absolute atomic E-state index is 12.1. The van der Waals surface area contributed by atoms with E-state index < -0.39 is 18.6 Å². The first-order valence-electron chi connectivity index (χ1n) is 5.44. The highest BCUT2D eigenvalue weighted by Crippen LogP contribution is 2.25. The molecule has 0 aliphatic heterocycles. The summed E-state index contributed by atoms with van der Waals surface area (Å²) in [6, 6.07) is 4.49. The van der Waals surface area contributed by atoms with Crippen molar-refractivity contribution in [3.63, 3.8) is 0 Å². The molecule has 18 heavy (non-hydrogen) atoms. The van der Waals surface area contributed by atoms with Crippen molar-refractivity contribution in [3.05, 3.63) is 28.8 Å². The van der Waals surface area contributed by atoms with E-state index in [0.717, 1.165) is 5.56 Å². The minimum absolute atomic E-state index is 0.334. The fourth-order valence-corrected chi connectivity index (χ4v) is 1.81. The van der Waals surface area contributed by atoms with E-state index in [1.54, 1.807) is 18.2 Å². The lowest BCUT2D eigenvalue weighted by Crippen LogP contribution is -2.30. The molecule has 0 heterocycles. The Morgan fingerprint density at radius 3 is 2.56 bits per heavy atom. The minimum Gasteiger partial charge on any atom is -0.495 e. The van der Waals surface area contributed by atoms with Crippen LogP contribution in [0.1, 0.15) is 18.9 Å². The molecule has 6 heteroatoms. The Labute approximate surface area is 109 Å². The zero-order valence-electron chi connectivity index (χ0n) is 10.1. The summed E-state index contributed by atoms with van der Waals surface area (Å²) in [6.07, 6.45) is -5.00. The Kier molecular flexibility index (Phi) is 5.28. The van der Waals surface area contributed by atoms with Gasteiger partial charge in [0.15, 0.2) is 0 Å². The lowest BCUT2D eigenvalue weighted by molar-refractivity contribution is -0.139. The molecule has 1 atom stereocenters. The van der Waals surface area contributed by atoms with Crippen LogP contribution >= 0.6 is 11.6 Å². The van der Waals surface area contributed by atoms with Gasteiger partial charge in [-0.15, -0.1) is 0 Å². The van der Waals surface area contributed by atoms with E-state index in [2.05, 4.69) is 5.32 Å². The number of methoxy groups -OCH3 is 1. The Morgan fingerprint density at radius 1 is 1.39 bits per heavy atom. The first kappa shape index (κ1) is 15.1. The van der Waals surface area contributed by atoms with Gasteiger partial charge in [0.1, 0.15) is 5.75 Å². The van der Waals surface area contributed by atoms with E-state index in [0.29, 0.717) is 17.3 Å². The molecule has 102 valence electrons. The molecular weight excluding hydrogens is 267 g/mol. The third-order valence-corrected chi connectivity index (χ3v) is 2.70. The number of benzene rings is 1. The van der Waals surface area contributed by atoms with Crippen LogP contribution in [-0.4, -0.2) is 19.3 Å². The molecule has 1 aromatic carbocycles. The molecule has 0 aliphatic rings. The fourth-order valence-electron chi connectivity index (χ4n) is 1.53. The summed E-state index contributed by atoms with van der Waals surface area (Å²) in [4.78, 5) is 0. The van der Waals surface area contributed by atoms with Gasteiger partial charge in [0.25, 0.3) is 0 Å². The molecule has 0 aliphatic carbocycles. The maximum Gasteiger partial charge on any atom is 0.390 e. The van der Waals surface area contributed by atoms with Gasteiger partial charge >= 0.3 is 6.18 Å². The number of rotatable bonds is 5. The smallest absolute Gasteiger partial charge is 0.390 e. The summed E-state index contributed by atoms with van der Waals surface area (Å²) in [5.41, 5.74) is 0.815. The molecular formula is C12H15ClF3NO. The first-order valence-corrected chi connectivity index (χ1v) is 5.82. The lowest BCUT2D eigenvalue weighted by Gasteiger charge is -2.16. The monoisotopic (exact) mass is 281 g/mol. The van der Waals surface area contributed by atoms with Crippen LogP contribution in [0.15, 0.2) is 18.2 Å². The van der Waals surface area contributed by atoms with Gasteiger partial charge in [-0.1, -0.05) is 17.7 Å². The number of alkyl halides is 3. The molecule has 1 rings (SSSR count). The van der Waals surface area contributed by atoms with Crippen LogP contribution in [0.2, 0.25) is 5.02 Å². The van der Waals surface area contributed by atoms with Gasteiger partial charge in [-0.3, -0.25) is 0 Å². The third-order valence-electron chi connectivity index (χ3n) is 2.41. The summed E-state index contributed by atoms with van der Waals surface area (Å²) in [5.74, 6) is 0.545. The van der Waals surface area contributed by atoms with Crippen LogP contribution in [0.3, 0.4) is 0 Å². The molecule has 1 aromatic rings. The molecule has 0 saturated carbocycles. The highest BCUT2D eigenvalue weighted by molar-refractivity contribution is 6.32. The van der Waals surface area contributed by atoms with Crippen molar-refractivity contribution in [1.82, 2.24) is 5.32 Å². The molecule has 0 spiro atoms. The van der Waals surface area contributed by atoms with E-state index in [1.807, 2.05) is 0 Å². The molecule has 1 unspecified atom stereocenters. The van der Waals surface area contributed by atoms with Crippen LogP contribution in [0.25, 0.3) is 0 Å². The maximum atomic E-state index is 12.1. The van der Waals surface area contributed by atoms with Crippen LogP contribution in [-0.2, 0) is 6.54 Å². The molecule has 1 N–H and O–H groups in total. The molecule has 2 nitrogen and oxygen atoms in total. The molecule has 0 fully saturated rings. The lowest BCUT2D eigenvalue weighted by atomic mass is 10.2. The van der Waals surface area contributed by atoms with Crippen molar-refractivity contribution in [3.8, 4) is 5.75 Å². The van der Waals surface area contributed by atoms with E-state index >= 15 is 0 Å². The second-order valence-electron chi connectivity index (χ2n) is 4.07. The van der Waals surface area contributed by atoms with Gasteiger partial charge in [0.05, 0.1) is 18.6 Å². The van der Waals surface area contributed by atoms with Gasteiger partial charge in [-0.05, 0) is 24.6 Å². The number of hydrogen-bond acceptors (Lipinski definition) is 2. The minimum atomic E-state index is -4.15. The van der Waals surface area contributed by atoms with Crippen molar-refractivity contribution in [2.24, 2.45) is 0 Å². The molecule has 0 aromatic heterocycles. The van der Waals surface area contributed by atoms with Crippen molar-refractivity contribution in [2.75, 3.05) is 7.11 Å². The second-order valence-corrected chi connectivity index (χ2v) is 4.48. The Hall–Kier alpha value is -0.940. The van der Waals surface area contributed by atoms with E-state index in [1.165, 1.54) is 14.0 Å². The molecule has 0 amide bonds. The molecule has 0 radical (unpaired) electrons. The van der Waals surface area contributed by atoms with Crippen molar-refractivity contribution in [2.45, 2.75) is 32.1 Å². The topological polar surface area (TPSA) is 21.3 Å². The van der Waals surface area contributed by atoms with Crippen LogP contribution < -0.4 is 10.1 Å². The number of halogens is 4. The summed E-state index contributed by atoms with van der Waals surface area (Å²) < 4.78 is 41.3. The van der Waals surface area contributed by atoms with E-state index in [-0.39, 0.29) is 0 Å². The number of ether oxygens (including phenoxy) is 1. The van der Waals surface area contributed by atoms with Gasteiger partial charge < -0.3 is 10.1 Å². The Balaban J connectivity index is 2.51. The highest BCUT2D eigenvalue weighted by atomic mass is 35.5. The van der Waals surface area contributed by atoms with Crippen molar-refractivity contribution < 1.29 is 17.9 Å². The third kappa shape index (κ3) is 5.14. The van der Waals surface area contributed by atoms with Crippen molar-refractivity contribution >= 4 is 11.6 Å². The summed E-state index contributed by atoms with van der Waals surface area (Å²) in [6.45, 7) is 1.83. The quantitative estimate of drug-likeness (QED) is 0.887. The normalized spacial score (nSPS) is 13.4. The Morgan fingerprint density at radius 2 is 2.06 bits per heavy atom. The first-order chi connectivity index (χ1) is 8.31. The van der Waals surface area contributed by atoms with Gasteiger partial charge in [-0.25, -0.2) is 0 Å². The highest BCUT2D eigenvalue weighted by Gasteiger charge is 2.29. The van der Waals surface area contributed by atoms with E-state index in [4.69, 9.17) is 16.3 Å². The average molecular weight is 282 g/mol. The van der Waals surface area contributed by atoms with Crippen molar-refractivity contribution in [1.29, 1.82) is 0 Å². The van der Waals surface area contributed by atoms with Crippen LogP contribution in [0.5, 0.6) is 5.75 Å². The molecule has 0 saturated heterocycles. The number of nitrogens with one attached hydrogen (secondary N) is 1. The van der Waals surface area contributed by atoms with Crippen LogP contribution in [0, 0.1) is 0 Å². The van der Waals surface area contributed by atoms with Gasteiger partial charge in [-0.2, -0.15) is 13.2 Å². The van der Waals surface area contributed by atoms with Gasteiger partial charge in [0.2, 0.25) is 0 Å². The SMILES string of the molecule is COc1ccc(CNC(C)CC(F)(F)F)cc1Cl. The summed E-state index contributed by atoms with van der Waals surface area (Å²) in [5, 5.41) is 3.25. The predicted molar refractivity (Wildman–Crippen MR) is 65.0 cm³/mol. The molecule has 0 bridgehead atoms. The average Bonchev–Trinajstić information content (AvgIpc) is 2.24. The second kappa shape index (κ2) is 6.29. The largest absolute Gasteiger partial charge is 0.495 e. The summed E-state index contributed by atoms with van der Waals surface area (Å²) in [7, 11) is 1.50.